The number of hydrogen-bond donors (Lipinski definition) is 1. The predicted octanol–water partition coefficient (Wildman–Crippen LogP) is 3.96. The van der Waals surface area contributed by atoms with Crippen LogP contribution in [0.4, 0.5) is 5.88 Å². The Morgan fingerprint density at radius 3 is 2.97 bits per heavy atom. The van der Waals surface area contributed by atoms with Crippen LogP contribution in [0, 0.1) is 13.7 Å². The van der Waals surface area contributed by atoms with Crippen molar-refractivity contribution in [1.82, 2.24) is 5.16 Å². The quantitative estimate of drug-likeness (QED) is 0.547. The van der Waals surface area contributed by atoms with Crippen LogP contribution in [0.1, 0.15) is 42.9 Å². The Morgan fingerprint density at radius 2 is 2.24 bits per heavy atom. The van der Waals surface area contributed by atoms with Crippen molar-refractivity contribution in [1.29, 1.82) is 0 Å². The smallest absolute Gasteiger partial charge is 0.265 e. The highest BCUT2D eigenvalue weighted by atomic mass is 35.5. The third kappa shape index (κ3) is 3.70. The number of nitrogens with zero attached hydrogens (tertiary/aromatic N) is 1. The number of fused-ring (bicyclic) bond motifs is 1. The first-order valence-electron chi connectivity index (χ1n) is 13.4. The molecule has 1 aliphatic rings. The molecule has 0 fully saturated rings. The van der Waals surface area contributed by atoms with Gasteiger partial charge in [-0.05, 0) is 48.4 Å². The van der Waals surface area contributed by atoms with E-state index in [0.29, 0.717) is 11.3 Å². The lowest BCUT2D eigenvalue weighted by Gasteiger charge is -2.09. The Kier molecular flexibility index (Phi) is 2.53. The molecular weight excluding hydrogens is 440 g/mol. The van der Waals surface area contributed by atoms with E-state index in [0.717, 1.165) is 11.4 Å². The van der Waals surface area contributed by atoms with Crippen LogP contribution in [0.3, 0.4) is 0 Å². The first kappa shape index (κ1) is 9.96. The van der Waals surface area contributed by atoms with Gasteiger partial charge in [0.1, 0.15) is 18.4 Å². The van der Waals surface area contributed by atoms with Gasteiger partial charge >= 0.3 is 0 Å². The molecule has 1 aliphatic heterocycles. The summed E-state index contributed by atoms with van der Waals surface area (Å²) < 4.78 is 137. The molecule has 0 radical (unpaired) electrons. The van der Waals surface area contributed by atoms with E-state index in [1.807, 2.05) is 4.72 Å². The summed E-state index contributed by atoms with van der Waals surface area (Å²) in [5, 5.41) is 3.61. The number of nitrogens with one attached hydrogen (secondary N) is 1. The summed E-state index contributed by atoms with van der Waals surface area (Å²) in [7, 11) is -4.84. The molecule has 0 unspecified atom stereocenters. The summed E-state index contributed by atoms with van der Waals surface area (Å²) in [6, 6.07) is -1.27. The number of sulfonamides is 1. The number of rotatable bonds is 6. The molecule has 1 aromatic carbocycles. The van der Waals surface area contributed by atoms with E-state index in [9.17, 15) is 13.2 Å². The van der Waals surface area contributed by atoms with E-state index in [1.54, 1.807) is 0 Å². The van der Waals surface area contributed by atoms with Gasteiger partial charge in [-0.2, -0.15) is 0 Å². The topological polar surface area (TPSA) is 108 Å². The van der Waals surface area contributed by atoms with E-state index < -0.39 is 104 Å². The van der Waals surface area contributed by atoms with Crippen LogP contribution >= 0.6 is 22.9 Å². The number of hydrogen-bond acceptors (Lipinski definition) is 8. The lowest BCUT2D eigenvalue weighted by atomic mass is 10.0. The van der Waals surface area contributed by atoms with Crippen molar-refractivity contribution in [3.8, 4) is 11.5 Å². The van der Waals surface area contributed by atoms with E-state index >= 15 is 0 Å². The average molecular weight is 467 g/mol. The highest BCUT2D eigenvalue weighted by Crippen LogP contribution is 2.36. The van der Waals surface area contributed by atoms with Crippen LogP contribution in [-0.4, -0.2) is 26.1 Å². The number of carbonyl (C=O) groups excluding carboxylic acids is 1. The van der Waals surface area contributed by atoms with Crippen LogP contribution in [0.25, 0.3) is 0 Å². The van der Waals surface area contributed by atoms with Crippen molar-refractivity contribution in [3.63, 3.8) is 0 Å². The van der Waals surface area contributed by atoms with Crippen molar-refractivity contribution < 1.29 is 43.7 Å². The minimum atomic E-state index is -4.84. The Morgan fingerprint density at radius 1 is 1.45 bits per heavy atom. The fourth-order valence-electron chi connectivity index (χ4n) is 2.17. The summed E-state index contributed by atoms with van der Waals surface area (Å²) in [6.45, 7) is -9.12. The normalized spacial score (nSPS) is 22.1. The van der Waals surface area contributed by atoms with Crippen LogP contribution in [0.15, 0.2) is 32.9 Å². The summed E-state index contributed by atoms with van der Waals surface area (Å²) in [5.41, 5.74) is -3.09. The Bertz CT molecular complexity index is 1680. The lowest BCUT2D eigenvalue weighted by Crippen LogP contribution is -2.16. The standard InChI is InChI=1S/C18H15ClN2O6S2/c1-9-5-13-14(26-8-25-13)7-11(9)6-12(22)17-15(3-4-28-17)29(23,24)21-18-16(19)10(2)20-27-18/h3-5,7,21H,6,8H2,1-2H3/i1D3,2D3,5D,6D2,7D,8D2. The van der Waals surface area contributed by atoms with Crippen LogP contribution in [0.2, 0.25) is 5.02 Å². The Labute approximate surface area is 192 Å². The van der Waals surface area contributed by atoms with E-state index in [-0.39, 0.29) is 0 Å². The lowest BCUT2D eigenvalue weighted by molar-refractivity contribution is 0.0994. The number of ketones is 1. The molecule has 0 aliphatic carbocycles. The average Bonchev–Trinajstić information content (AvgIpc) is 3.51. The molecule has 0 bridgehead atoms. The molecule has 3 heterocycles. The summed E-state index contributed by atoms with van der Waals surface area (Å²) in [5.74, 6) is -4.07. The molecular formula is C18H15ClN2O6S2. The molecule has 2 aromatic heterocycles. The number of thiophene rings is 1. The maximum absolute atomic E-state index is 13.6. The minimum Gasteiger partial charge on any atom is -0.454 e. The van der Waals surface area contributed by atoms with Gasteiger partial charge < -0.3 is 14.0 Å². The zero-order valence-electron chi connectivity index (χ0n) is 25.7. The van der Waals surface area contributed by atoms with Gasteiger partial charge in [0.15, 0.2) is 17.3 Å². The molecule has 11 heteroatoms. The predicted molar refractivity (Wildman–Crippen MR) is 107 cm³/mol. The highest BCUT2D eigenvalue weighted by molar-refractivity contribution is 7.93. The Hall–Kier alpha value is -2.56. The molecule has 8 nitrogen and oxygen atoms in total. The third-order valence-corrected chi connectivity index (χ3v) is 6.21. The third-order valence-electron chi connectivity index (χ3n) is 3.45. The molecule has 152 valence electrons. The van der Waals surface area contributed by atoms with Gasteiger partial charge in [-0.3, -0.25) is 4.79 Å². The van der Waals surface area contributed by atoms with E-state index in [2.05, 4.69) is 9.68 Å². The molecule has 0 saturated carbocycles. The number of aromatic nitrogens is 1. The molecule has 4 rings (SSSR count). The molecule has 0 atom stereocenters. The minimum absolute atomic E-state index is 0.436. The van der Waals surface area contributed by atoms with Crippen LogP contribution < -0.4 is 14.2 Å². The molecule has 3 aromatic rings. The van der Waals surface area contributed by atoms with Gasteiger partial charge in [0, 0.05) is 17.3 Å². The molecule has 0 saturated heterocycles. The molecule has 1 N–H and O–H groups in total. The number of Topliss-reactive ketones (excluding diaryl/α,β-unsaturated/α-hetero) is 1. The fourth-order valence-corrected chi connectivity index (χ4v) is 4.66. The molecule has 0 amide bonds. The second-order valence-corrected chi connectivity index (χ2v) is 8.24. The monoisotopic (exact) mass is 466 g/mol. The van der Waals surface area contributed by atoms with Crippen molar-refractivity contribution in [2.24, 2.45) is 0 Å². The first-order chi connectivity index (χ1) is 18.5. The van der Waals surface area contributed by atoms with Gasteiger partial charge in [-0.15, -0.1) is 11.3 Å². The number of anilines is 1. The van der Waals surface area contributed by atoms with Crippen molar-refractivity contribution in [2.75, 3.05) is 11.5 Å². The van der Waals surface area contributed by atoms with Crippen LogP contribution in [-0.2, 0) is 16.4 Å². The number of ether oxygens (including phenoxy) is 2. The highest BCUT2D eigenvalue weighted by Gasteiger charge is 2.27. The van der Waals surface area contributed by atoms with Gasteiger partial charge in [0.25, 0.3) is 15.9 Å². The maximum Gasteiger partial charge on any atom is 0.265 e. The van der Waals surface area contributed by atoms with Gasteiger partial charge in [-0.25, -0.2) is 13.1 Å². The summed E-state index contributed by atoms with van der Waals surface area (Å²) in [4.78, 5) is 11.9. The SMILES string of the molecule is [2H]c1c2c(c([2H])c(C([2H])([2H])C(=O)c3sccc3S(=O)(=O)Nc3onc(C([2H])([2H])[2H])c3Cl)c1C([2H])([2H])[2H])OC([2H])([2H])O2. The van der Waals surface area contributed by atoms with Crippen molar-refractivity contribution >= 4 is 44.6 Å². The van der Waals surface area contributed by atoms with Gasteiger partial charge in [0.05, 0.1) is 7.62 Å². The first-order valence-corrected chi connectivity index (χ1v) is 10.1. The maximum atomic E-state index is 13.6. The van der Waals surface area contributed by atoms with Crippen molar-refractivity contribution in [3.05, 3.63) is 50.3 Å². The summed E-state index contributed by atoms with van der Waals surface area (Å²) >= 11 is 6.32. The number of carbonyl (C=O) groups is 1. The number of aryl methyl sites for hydroxylation is 1. The number of halogens is 1. The Balaban J connectivity index is 1.83. The van der Waals surface area contributed by atoms with Crippen LogP contribution in [0.5, 0.6) is 11.5 Å². The largest absolute Gasteiger partial charge is 0.454 e. The zero-order chi connectivity index (χ0) is 31.1. The summed E-state index contributed by atoms with van der Waals surface area (Å²) in [6.07, 6.45) is -3.49. The second kappa shape index (κ2) is 7.36. The number of benzene rings is 1. The van der Waals surface area contributed by atoms with Crippen molar-refractivity contribution in [2.45, 2.75) is 25.0 Å². The molecule has 0 spiro atoms. The second-order valence-electron chi connectivity index (χ2n) is 5.29. The zero-order valence-corrected chi connectivity index (χ0v) is 16.1. The van der Waals surface area contributed by atoms with E-state index in [1.165, 1.54) is 0 Å². The van der Waals surface area contributed by atoms with Gasteiger partial charge in [0.2, 0.25) is 6.75 Å². The van der Waals surface area contributed by atoms with E-state index in [4.69, 9.17) is 37.5 Å². The molecule has 29 heavy (non-hydrogen) atoms. The fraction of sp³-hybridized carbons (Fsp3) is 0.222. The van der Waals surface area contributed by atoms with Gasteiger partial charge in [-0.1, -0.05) is 16.8 Å².